The van der Waals surface area contributed by atoms with Crippen LogP contribution in [0, 0.1) is 11.3 Å². The monoisotopic (exact) mass is 379 g/mol. The third-order valence-electron chi connectivity index (χ3n) is 5.94. The number of benzene rings is 2. The van der Waals surface area contributed by atoms with Crippen molar-refractivity contribution in [3.05, 3.63) is 54.6 Å². The molecule has 0 saturated heterocycles. The molecule has 2 aromatic rings. The van der Waals surface area contributed by atoms with Gasteiger partial charge in [-0.25, -0.2) is 0 Å². The van der Waals surface area contributed by atoms with E-state index in [-0.39, 0.29) is 11.9 Å². The van der Waals surface area contributed by atoms with Gasteiger partial charge in [-0.15, -0.1) is 0 Å². The summed E-state index contributed by atoms with van der Waals surface area (Å²) in [4.78, 5) is 12.5. The number of amides is 1. The van der Waals surface area contributed by atoms with E-state index in [1.54, 1.807) is 0 Å². The first kappa shape index (κ1) is 20.4. The minimum atomic E-state index is -0.497. The van der Waals surface area contributed by atoms with E-state index in [4.69, 9.17) is 4.74 Å². The van der Waals surface area contributed by atoms with Gasteiger partial charge in [0.15, 0.2) is 6.10 Å². The van der Waals surface area contributed by atoms with E-state index in [0.717, 1.165) is 30.1 Å². The second-order valence-corrected chi connectivity index (χ2v) is 9.07. The minimum absolute atomic E-state index is 0.0219. The molecule has 150 valence electrons. The molecule has 0 aromatic heterocycles. The maximum atomic E-state index is 12.5. The van der Waals surface area contributed by atoms with Crippen molar-refractivity contribution in [1.82, 2.24) is 5.32 Å². The molecule has 1 N–H and O–H groups in total. The third-order valence-corrected chi connectivity index (χ3v) is 5.94. The van der Waals surface area contributed by atoms with E-state index in [2.05, 4.69) is 38.2 Å². The lowest BCUT2D eigenvalue weighted by molar-refractivity contribution is -0.128. The maximum absolute atomic E-state index is 12.5. The van der Waals surface area contributed by atoms with Gasteiger partial charge in [0.2, 0.25) is 0 Å². The van der Waals surface area contributed by atoms with Gasteiger partial charge in [0.05, 0.1) is 0 Å². The Kier molecular flexibility index (Phi) is 6.43. The van der Waals surface area contributed by atoms with Crippen LogP contribution in [0.1, 0.15) is 53.4 Å². The Morgan fingerprint density at radius 3 is 2.07 bits per heavy atom. The minimum Gasteiger partial charge on any atom is -0.481 e. The van der Waals surface area contributed by atoms with E-state index >= 15 is 0 Å². The predicted octanol–water partition coefficient (Wildman–Crippen LogP) is 5.84. The zero-order valence-electron chi connectivity index (χ0n) is 17.6. The summed E-state index contributed by atoms with van der Waals surface area (Å²) in [7, 11) is 0. The van der Waals surface area contributed by atoms with Crippen LogP contribution in [0.15, 0.2) is 54.6 Å². The highest BCUT2D eigenvalue weighted by atomic mass is 16.5. The number of nitrogens with one attached hydrogen (secondary N) is 1. The van der Waals surface area contributed by atoms with Crippen molar-refractivity contribution >= 4 is 5.91 Å². The molecule has 3 heteroatoms. The van der Waals surface area contributed by atoms with Crippen LogP contribution in [0.5, 0.6) is 5.75 Å². The van der Waals surface area contributed by atoms with Crippen molar-refractivity contribution in [2.24, 2.45) is 11.3 Å². The fraction of sp³-hybridized carbons (Fsp3) is 0.480. The van der Waals surface area contributed by atoms with Crippen LogP contribution in [0.25, 0.3) is 11.1 Å². The van der Waals surface area contributed by atoms with Gasteiger partial charge in [0.1, 0.15) is 5.75 Å². The summed E-state index contributed by atoms with van der Waals surface area (Å²) in [6, 6.07) is 18.4. The predicted molar refractivity (Wildman–Crippen MR) is 115 cm³/mol. The molecule has 1 aliphatic carbocycles. The molecule has 1 saturated carbocycles. The molecule has 3 nitrogen and oxygen atoms in total. The van der Waals surface area contributed by atoms with Gasteiger partial charge in [-0.3, -0.25) is 4.79 Å². The zero-order valence-corrected chi connectivity index (χ0v) is 17.6. The molecule has 1 aliphatic rings. The largest absolute Gasteiger partial charge is 0.481 e. The highest BCUT2D eigenvalue weighted by Crippen LogP contribution is 2.37. The quantitative estimate of drug-likeness (QED) is 0.708. The zero-order chi connectivity index (χ0) is 20.1. The topological polar surface area (TPSA) is 38.3 Å². The van der Waals surface area contributed by atoms with Gasteiger partial charge in [-0.1, -0.05) is 63.2 Å². The Morgan fingerprint density at radius 2 is 1.50 bits per heavy atom. The van der Waals surface area contributed by atoms with Crippen molar-refractivity contribution in [3.8, 4) is 16.9 Å². The van der Waals surface area contributed by atoms with Crippen LogP contribution in [-0.4, -0.2) is 18.1 Å². The summed E-state index contributed by atoms with van der Waals surface area (Å²) >= 11 is 0. The van der Waals surface area contributed by atoms with Crippen LogP contribution in [0.2, 0.25) is 0 Å². The molecule has 1 unspecified atom stereocenters. The number of hydrogen-bond donors (Lipinski definition) is 1. The fourth-order valence-corrected chi connectivity index (χ4v) is 4.04. The highest BCUT2D eigenvalue weighted by molar-refractivity contribution is 5.81. The average Bonchev–Trinajstić information content (AvgIpc) is 2.69. The molecule has 0 aliphatic heterocycles. The summed E-state index contributed by atoms with van der Waals surface area (Å²) in [5.41, 5.74) is 2.67. The lowest BCUT2D eigenvalue weighted by atomic mass is 9.71. The molecule has 0 bridgehead atoms. The lowest BCUT2D eigenvalue weighted by Gasteiger charge is -2.37. The first-order chi connectivity index (χ1) is 13.3. The third kappa shape index (κ3) is 5.37. The number of carbonyl (C=O) groups is 1. The second-order valence-electron chi connectivity index (χ2n) is 9.07. The molecule has 28 heavy (non-hydrogen) atoms. The summed E-state index contributed by atoms with van der Waals surface area (Å²) in [6.45, 7) is 8.77. The number of carbonyl (C=O) groups excluding carboxylic acids is 1. The summed E-state index contributed by atoms with van der Waals surface area (Å²) < 4.78 is 5.87. The van der Waals surface area contributed by atoms with Crippen molar-refractivity contribution < 1.29 is 9.53 Å². The molecule has 1 atom stereocenters. The van der Waals surface area contributed by atoms with Gasteiger partial charge >= 0.3 is 0 Å². The van der Waals surface area contributed by atoms with Gasteiger partial charge in [0, 0.05) is 6.04 Å². The van der Waals surface area contributed by atoms with Gasteiger partial charge in [-0.05, 0) is 67.2 Å². The normalized spacial score (nSPS) is 21.0. The SMILES string of the molecule is CC(Oc1ccc(-c2ccccc2)cc1)C(=O)NC1CCC(C(C)(C)C)CC1. The van der Waals surface area contributed by atoms with Crippen molar-refractivity contribution in [1.29, 1.82) is 0 Å². The molecular weight excluding hydrogens is 346 g/mol. The Bertz CT molecular complexity index is 753. The van der Waals surface area contributed by atoms with Crippen LogP contribution in [0.3, 0.4) is 0 Å². The molecule has 1 fully saturated rings. The van der Waals surface area contributed by atoms with Crippen LogP contribution < -0.4 is 10.1 Å². The molecule has 2 aromatic carbocycles. The number of hydrogen-bond acceptors (Lipinski definition) is 2. The van der Waals surface area contributed by atoms with E-state index in [1.807, 2.05) is 49.4 Å². The standard InChI is InChI=1S/C25H33NO2/c1-18(24(27)26-22-14-12-21(13-15-22)25(2,3)4)28-23-16-10-20(11-17-23)19-8-6-5-7-9-19/h5-11,16-18,21-22H,12-15H2,1-4H3,(H,26,27). The molecular formula is C25H33NO2. The smallest absolute Gasteiger partial charge is 0.260 e. The Morgan fingerprint density at radius 1 is 0.929 bits per heavy atom. The van der Waals surface area contributed by atoms with Crippen LogP contribution in [-0.2, 0) is 4.79 Å². The molecule has 0 spiro atoms. The Balaban J connectivity index is 1.49. The van der Waals surface area contributed by atoms with Gasteiger partial charge < -0.3 is 10.1 Å². The first-order valence-electron chi connectivity index (χ1n) is 10.5. The van der Waals surface area contributed by atoms with E-state index in [0.29, 0.717) is 5.41 Å². The summed E-state index contributed by atoms with van der Waals surface area (Å²) in [6.07, 6.45) is 4.00. The fourth-order valence-electron chi connectivity index (χ4n) is 4.04. The van der Waals surface area contributed by atoms with Crippen molar-refractivity contribution in [2.45, 2.75) is 65.5 Å². The number of rotatable bonds is 5. The summed E-state index contributed by atoms with van der Waals surface area (Å²) in [5, 5.41) is 3.18. The van der Waals surface area contributed by atoms with Gasteiger partial charge in [-0.2, -0.15) is 0 Å². The summed E-state index contributed by atoms with van der Waals surface area (Å²) in [5.74, 6) is 1.45. The first-order valence-corrected chi connectivity index (χ1v) is 10.5. The second kappa shape index (κ2) is 8.81. The van der Waals surface area contributed by atoms with Crippen molar-refractivity contribution in [2.75, 3.05) is 0 Å². The molecule has 0 heterocycles. The Hall–Kier alpha value is -2.29. The van der Waals surface area contributed by atoms with E-state index < -0.39 is 6.10 Å². The van der Waals surface area contributed by atoms with Crippen LogP contribution >= 0.6 is 0 Å². The van der Waals surface area contributed by atoms with E-state index in [1.165, 1.54) is 18.4 Å². The van der Waals surface area contributed by atoms with E-state index in [9.17, 15) is 4.79 Å². The molecule has 1 amide bonds. The van der Waals surface area contributed by atoms with Crippen molar-refractivity contribution in [3.63, 3.8) is 0 Å². The highest BCUT2D eigenvalue weighted by Gasteiger charge is 2.30. The lowest BCUT2D eigenvalue weighted by Crippen LogP contribution is -2.44. The molecule has 3 rings (SSSR count). The van der Waals surface area contributed by atoms with Gasteiger partial charge in [0.25, 0.3) is 5.91 Å². The Labute approximate surface area is 169 Å². The average molecular weight is 380 g/mol. The molecule has 0 radical (unpaired) electrons. The number of ether oxygens (including phenoxy) is 1. The maximum Gasteiger partial charge on any atom is 0.260 e. The van der Waals surface area contributed by atoms with Crippen LogP contribution in [0.4, 0.5) is 0 Å².